The van der Waals surface area contributed by atoms with Crippen LogP contribution in [-0.2, 0) is 4.84 Å². The summed E-state index contributed by atoms with van der Waals surface area (Å²) in [5, 5.41) is 0. The van der Waals surface area contributed by atoms with Crippen molar-refractivity contribution in [3.05, 3.63) is 48.2 Å². The first-order valence-corrected chi connectivity index (χ1v) is 4.93. The van der Waals surface area contributed by atoms with Gasteiger partial charge in [0.25, 0.3) is 0 Å². The lowest BCUT2D eigenvalue weighted by atomic mass is 10.0. The highest BCUT2D eigenvalue weighted by Gasteiger charge is 2.33. The van der Waals surface area contributed by atoms with E-state index in [9.17, 15) is 0 Å². The average molecular weight is 201 g/mol. The molecule has 76 valence electrons. The van der Waals surface area contributed by atoms with Crippen molar-refractivity contribution in [3.63, 3.8) is 0 Å². The van der Waals surface area contributed by atoms with Gasteiger partial charge in [-0.15, -0.1) is 5.48 Å². The molecule has 0 aliphatic carbocycles. The molecule has 1 unspecified atom stereocenters. The molecule has 0 fully saturated rings. The maximum absolute atomic E-state index is 5.89. The largest absolute Gasteiger partial charge is 0.465 e. The molecule has 0 saturated carbocycles. The zero-order chi connectivity index (χ0) is 10.1. The number of fused-ring (bicyclic) bond motifs is 1. The van der Waals surface area contributed by atoms with Gasteiger partial charge in [-0.3, -0.25) is 0 Å². The van der Waals surface area contributed by atoms with Crippen LogP contribution in [0.15, 0.2) is 42.7 Å². The number of ether oxygens (including phenoxy) is 1. The van der Waals surface area contributed by atoms with Gasteiger partial charge in [0.1, 0.15) is 12.0 Å². The van der Waals surface area contributed by atoms with E-state index in [1.54, 1.807) is 6.26 Å². The van der Waals surface area contributed by atoms with Gasteiger partial charge in [-0.05, 0) is 24.3 Å². The van der Waals surface area contributed by atoms with E-state index in [0.29, 0.717) is 0 Å². The molecular formula is C12H11NO2. The van der Waals surface area contributed by atoms with Gasteiger partial charge in [0.15, 0.2) is 0 Å². The summed E-state index contributed by atoms with van der Waals surface area (Å²) in [5.74, 6) is 0.881. The highest BCUT2D eigenvalue weighted by Crippen LogP contribution is 2.32. The number of benzene rings is 1. The van der Waals surface area contributed by atoms with Crippen molar-refractivity contribution in [3.8, 4) is 5.75 Å². The Morgan fingerprint density at radius 3 is 3.07 bits per heavy atom. The molecule has 15 heavy (non-hydrogen) atoms. The summed E-state index contributed by atoms with van der Waals surface area (Å²) < 4.78 is 5.89. The molecule has 2 heterocycles. The van der Waals surface area contributed by atoms with Gasteiger partial charge in [0.05, 0.1) is 0 Å². The number of hydrogen-bond donors (Lipinski definition) is 1. The predicted molar refractivity (Wildman–Crippen MR) is 56.8 cm³/mol. The van der Waals surface area contributed by atoms with Crippen LogP contribution in [-0.4, -0.2) is 5.72 Å². The fraction of sp³-hybridized carbons (Fsp3) is 0.167. The Balaban J connectivity index is 1.98. The maximum atomic E-state index is 5.89. The Hall–Kier alpha value is -1.74. The van der Waals surface area contributed by atoms with E-state index in [2.05, 4.69) is 5.48 Å². The molecule has 0 amide bonds. The van der Waals surface area contributed by atoms with Crippen LogP contribution >= 0.6 is 0 Å². The highest BCUT2D eigenvalue weighted by molar-refractivity contribution is 5.60. The minimum atomic E-state index is -0.539. The van der Waals surface area contributed by atoms with E-state index in [-0.39, 0.29) is 0 Å². The molecule has 0 saturated heterocycles. The van der Waals surface area contributed by atoms with E-state index in [1.165, 1.54) is 0 Å². The molecule has 2 aliphatic heterocycles. The summed E-state index contributed by atoms with van der Waals surface area (Å²) >= 11 is 0. The number of hydrogen-bond acceptors (Lipinski definition) is 3. The number of rotatable bonds is 0. The molecule has 3 nitrogen and oxygen atoms in total. The summed E-state index contributed by atoms with van der Waals surface area (Å²) in [5.41, 5.74) is 3.44. The maximum Gasteiger partial charge on any atom is 0.214 e. The Labute approximate surface area is 88.0 Å². The van der Waals surface area contributed by atoms with Crippen LogP contribution in [0.1, 0.15) is 12.0 Å². The van der Waals surface area contributed by atoms with Gasteiger partial charge >= 0.3 is 0 Å². The normalized spacial score (nSPS) is 26.9. The van der Waals surface area contributed by atoms with Crippen molar-refractivity contribution < 1.29 is 9.57 Å². The van der Waals surface area contributed by atoms with E-state index in [0.717, 1.165) is 17.7 Å². The predicted octanol–water partition coefficient (Wildman–Crippen LogP) is 2.23. The summed E-state index contributed by atoms with van der Waals surface area (Å²) in [4.78, 5) is 5.07. The summed E-state index contributed by atoms with van der Waals surface area (Å²) in [7, 11) is 0. The molecule has 1 aromatic rings. The van der Waals surface area contributed by atoms with Crippen LogP contribution in [0.25, 0.3) is 6.08 Å². The van der Waals surface area contributed by atoms with Gasteiger partial charge < -0.3 is 9.57 Å². The third-order valence-corrected chi connectivity index (χ3v) is 2.56. The minimum absolute atomic E-state index is 0.539. The number of para-hydroxylation sites is 1. The molecular weight excluding hydrogens is 190 g/mol. The van der Waals surface area contributed by atoms with Gasteiger partial charge in [0, 0.05) is 12.0 Å². The van der Waals surface area contributed by atoms with Crippen LogP contribution in [0.5, 0.6) is 5.75 Å². The first kappa shape index (κ1) is 8.56. The molecule has 2 aliphatic rings. The molecule has 3 heteroatoms. The zero-order valence-electron chi connectivity index (χ0n) is 8.14. The lowest BCUT2D eigenvalue weighted by Crippen LogP contribution is -2.50. The Kier molecular flexibility index (Phi) is 1.79. The molecule has 1 atom stereocenters. The Bertz CT molecular complexity index is 439. The lowest BCUT2D eigenvalue weighted by molar-refractivity contribution is -0.0579. The van der Waals surface area contributed by atoms with Crippen molar-refractivity contribution in [2.24, 2.45) is 0 Å². The first-order chi connectivity index (χ1) is 7.38. The van der Waals surface area contributed by atoms with Crippen molar-refractivity contribution in [2.75, 3.05) is 0 Å². The molecule has 1 aromatic carbocycles. The number of hydroxylamine groups is 1. The quantitative estimate of drug-likeness (QED) is 0.698. The van der Waals surface area contributed by atoms with Gasteiger partial charge in [-0.1, -0.05) is 18.2 Å². The fourth-order valence-corrected chi connectivity index (χ4v) is 1.78. The van der Waals surface area contributed by atoms with E-state index in [1.807, 2.05) is 42.5 Å². The van der Waals surface area contributed by atoms with Crippen LogP contribution in [0.4, 0.5) is 0 Å². The first-order valence-electron chi connectivity index (χ1n) is 4.93. The topological polar surface area (TPSA) is 30.5 Å². The Morgan fingerprint density at radius 2 is 2.20 bits per heavy atom. The second-order valence-corrected chi connectivity index (χ2v) is 3.66. The zero-order valence-corrected chi connectivity index (χ0v) is 8.14. The third-order valence-electron chi connectivity index (χ3n) is 2.56. The molecule has 3 rings (SSSR count). The van der Waals surface area contributed by atoms with Gasteiger partial charge in [-0.25, -0.2) is 0 Å². The number of nitrogens with one attached hydrogen (secondary N) is 1. The van der Waals surface area contributed by atoms with Gasteiger partial charge in [0.2, 0.25) is 5.72 Å². The summed E-state index contributed by atoms with van der Waals surface area (Å²) in [6.45, 7) is 0. The van der Waals surface area contributed by atoms with Crippen LogP contribution < -0.4 is 10.2 Å². The fourth-order valence-electron chi connectivity index (χ4n) is 1.78. The van der Waals surface area contributed by atoms with Crippen LogP contribution in [0.2, 0.25) is 0 Å². The van der Waals surface area contributed by atoms with Crippen LogP contribution in [0.3, 0.4) is 0 Å². The molecule has 0 bridgehead atoms. The minimum Gasteiger partial charge on any atom is -0.465 e. The Morgan fingerprint density at radius 1 is 1.27 bits per heavy atom. The third kappa shape index (κ3) is 1.41. The molecule has 1 N–H and O–H groups in total. The standard InChI is InChI=1S/C12H11NO2/c1-2-5-11-10(4-1)6-8-12(15-11)7-3-9-14-13-12/h1-6,8-9,13H,7H2. The van der Waals surface area contributed by atoms with Crippen molar-refractivity contribution in [1.29, 1.82) is 0 Å². The monoisotopic (exact) mass is 201 g/mol. The summed E-state index contributed by atoms with van der Waals surface area (Å²) in [6, 6.07) is 7.94. The highest BCUT2D eigenvalue weighted by atomic mass is 16.7. The molecule has 0 radical (unpaired) electrons. The van der Waals surface area contributed by atoms with E-state index >= 15 is 0 Å². The van der Waals surface area contributed by atoms with Crippen molar-refractivity contribution in [1.82, 2.24) is 5.48 Å². The average Bonchev–Trinajstić information content (AvgIpc) is 2.30. The molecule has 0 aromatic heterocycles. The summed E-state index contributed by atoms with van der Waals surface area (Å²) in [6.07, 6.45) is 8.36. The van der Waals surface area contributed by atoms with E-state index in [4.69, 9.17) is 9.57 Å². The second-order valence-electron chi connectivity index (χ2n) is 3.66. The SMILES string of the molecule is C1=CONC2(C=Cc3ccccc3O2)C1. The van der Waals surface area contributed by atoms with Gasteiger partial charge in [-0.2, -0.15) is 0 Å². The van der Waals surface area contributed by atoms with Crippen molar-refractivity contribution >= 4 is 6.08 Å². The molecule has 1 spiro atoms. The smallest absolute Gasteiger partial charge is 0.214 e. The van der Waals surface area contributed by atoms with Crippen molar-refractivity contribution in [2.45, 2.75) is 12.1 Å². The van der Waals surface area contributed by atoms with Crippen LogP contribution in [0, 0.1) is 0 Å². The second kappa shape index (κ2) is 3.14. The van der Waals surface area contributed by atoms with E-state index < -0.39 is 5.72 Å². The lowest BCUT2D eigenvalue weighted by Gasteiger charge is -2.35.